The molecule has 5 aromatic carbocycles. The van der Waals surface area contributed by atoms with Crippen molar-refractivity contribution < 1.29 is 19.1 Å². The van der Waals surface area contributed by atoms with Crippen molar-refractivity contribution in [1.82, 2.24) is 15.2 Å². The van der Waals surface area contributed by atoms with Gasteiger partial charge >= 0.3 is 6.09 Å². The summed E-state index contributed by atoms with van der Waals surface area (Å²) in [6, 6.07) is 47.4. The number of amides is 2. The molecule has 0 saturated heterocycles. The number of nitrogens with zero attached hydrogens (tertiary/aromatic N) is 2. The first-order valence-electron chi connectivity index (χ1n) is 18.6. The van der Waals surface area contributed by atoms with Crippen molar-refractivity contribution in [3.05, 3.63) is 191 Å². The van der Waals surface area contributed by atoms with Crippen LogP contribution in [-0.4, -0.2) is 49.1 Å². The zero-order valence-electron chi connectivity index (χ0n) is 32.2. The number of aromatic nitrogens is 1. The van der Waals surface area contributed by atoms with Gasteiger partial charge in [-0.15, -0.1) is 0 Å². The molecule has 6 aromatic rings. The third-order valence-electron chi connectivity index (χ3n) is 8.74. The van der Waals surface area contributed by atoms with Crippen LogP contribution in [0, 0.1) is 0 Å². The van der Waals surface area contributed by atoms with Crippen LogP contribution < -0.4 is 21.1 Å². The molecule has 0 bridgehead atoms. The molecule has 1 heterocycles. The monoisotopic (exact) mass is 747 g/mol. The number of anilines is 2. The molecule has 4 N–H and O–H groups in total. The number of carbonyl (C=O) groups is 2. The van der Waals surface area contributed by atoms with Gasteiger partial charge in [0.2, 0.25) is 0 Å². The van der Waals surface area contributed by atoms with Crippen LogP contribution in [-0.2, 0) is 17.9 Å². The van der Waals surface area contributed by atoms with Gasteiger partial charge in [-0.1, -0.05) is 110 Å². The van der Waals surface area contributed by atoms with Gasteiger partial charge in [0.05, 0.1) is 11.4 Å². The van der Waals surface area contributed by atoms with Crippen LogP contribution in [0.3, 0.4) is 0 Å². The molecule has 0 radical (unpaired) electrons. The Hall–Kier alpha value is -6.71. The van der Waals surface area contributed by atoms with Crippen molar-refractivity contribution in [2.75, 3.05) is 38.3 Å². The fraction of sp³-hybridized carbons (Fsp3) is 0.170. The minimum absolute atomic E-state index is 0.154. The summed E-state index contributed by atoms with van der Waals surface area (Å²) in [5, 5.41) is 5.44. The van der Waals surface area contributed by atoms with E-state index in [2.05, 4.69) is 126 Å². The first-order chi connectivity index (χ1) is 27.3. The fourth-order valence-electron chi connectivity index (χ4n) is 5.79. The molecule has 0 saturated carbocycles. The summed E-state index contributed by atoms with van der Waals surface area (Å²) in [6.07, 6.45) is 3.74. The summed E-state index contributed by atoms with van der Waals surface area (Å²) >= 11 is 0. The topological polar surface area (TPSA) is 119 Å². The second-order valence-electron chi connectivity index (χ2n) is 13.1. The summed E-state index contributed by atoms with van der Waals surface area (Å²) in [6.45, 7) is 4.27. The van der Waals surface area contributed by atoms with Crippen LogP contribution in [0.15, 0.2) is 158 Å². The average Bonchev–Trinajstić information content (AvgIpc) is 3.23. The first kappa shape index (κ1) is 40.5. The SMILES string of the molecule is CC/C(=C(\c1ccccc1)c1ccc(OCCN(C)C)cc1)c1ccccc1.Nc1ccccc1NC(=O)c1ccc(CNC(=O)OCc2cccnc2)cc1. The largest absolute Gasteiger partial charge is 0.492 e. The number of nitrogens with one attached hydrogen (secondary N) is 2. The number of nitrogen functional groups attached to an aromatic ring is 1. The smallest absolute Gasteiger partial charge is 0.407 e. The summed E-state index contributed by atoms with van der Waals surface area (Å²) in [5.41, 5.74) is 15.4. The van der Waals surface area contributed by atoms with Crippen LogP contribution in [0.25, 0.3) is 11.1 Å². The van der Waals surface area contributed by atoms with E-state index in [1.54, 1.807) is 67.0 Å². The van der Waals surface area contributed by atoms with Crippen molar-refractivity contribution in [3.8, 4) is 5.75 Å². The molecular weight excluding hydrogens is 699 g/mol. The molecule has 0 spiro atoms. The number of rotatable bonds is 14. The number of benzene rings is 5. The second-order valence-corrected chi connectivity index (χ2v) is 13.1. The Kier molecular flexibility index (Phi) is 15.4. The van der Waals surface area contributed by atoms with Crippen LogP contribution in [0.4, 0.5) is 16.2 Å². The van der Waals surface area contributed by atoms with Gasteiger partial charge in [-0.25, -0.2) is 4.79 Å². The lowest BCUT2D eigenvalue weighted by molar-refractivity contribution is 0.102. The average molecular weight is 748 g/mol. The normalized spacial score (nSPS) is 11.1. The lowest BCUT2D eigenvalue weighted by Crippen LogP contribution is -2.23. The highest BCUT2D eigenvalue weighted by molar-refractivity contribution is 6.05. The maximum absolute atomic E-state index is 12.3. The molecule has 1 aromatic heterocycles. The molecule has 6 rings (SSSR count). The van der Waals surface area contributed by atoms with Gasteiger partial charge in [-0.2, -0.15) is 0 Å². The van der Waals surface area contributed by atoms with E-state index in [-0.39, 0.29) is 12.5 Å². The Morgan fingerprint density at radius 3 is 1.95 bits per heavy atom. The van der Waals surface area contributed by atoms with Gasteiger partial charge in [-0.3, -0.25) is 9.78 Å². The third kappa shape index (κ3) is 12.4. The third-order valence-corrected chi connectivity index (χ3v) is 8.74. The number of pyridine rings is 1. The maximum Gasteiger partial charge on any atom is 0.407 e. The van der Waals surface area contributed by atoms with E-state index in [0.29, 0.717) is 30.1 Å². The molecule has 56 heavy (non-hydrogen) atoms. The molecule has 0 unspecified atom stereocenters. The van der Waals surface area contributed by atoms with E-state index >= 15 is 0 Å². The lowest BCUT2D eigenvalue weighted by Gasteiger charge is -2.17. The van der Waals surface area contributed by atoms with E-state index in [1.807, 2.05) is 6.07 Å². The number of para-hydroxylation sites is 2. The Morgan fingerprint density at radius 2 is 1.32 bits per heavy atom. The highest BCUT2D eigenvalue weighted by atomic mass is 16.5. The summed E-state index contributed by atoms with van der Waals surface area (Å²) < 4.78 is 11.0. The number of hydrogen-bond donors (Lipinski definition) is 3. The highest BCUT2D eigenvalue weighted by Gasteiger charge is 2.13. The Bertz CT molecular complexity index is 2140. The number of allylic oxidation sites excluding steroid dienone is 1. The van der Waals surface area contributed by atoms with Crippen molar-refractivity contribution in [2.45, 2.75) is 26.5 Å². The Balaban J connectivity index is 0.000000214. The van der Waals surface area contributed by atoms with Crippen molar-refractivity contribution >= 4 is 34.5 Å². The molecular formula is C47H49N5O4. The van der Waals surface area contributed by atoms with Gasteiger partial charge < -0.3 is 30.7 Å². The van der Waals surface area contributed by atoms with Gasteiger partial charge in [0.25, 0.3) is 5.91 Å². The van der Waals surface area contributed by atoms with Gasteiger partial charge in [0, 0.05) is 36.6 Å². The molecule has 9 heteroatoms. The van der Waals surface area contributed by atoms with Crippen LogP contribution in [0.2, 0.25) is 0 Å². The number of nitrogens with two attached hydrogens (primary N) is 1. The zero-order valence-corrected chi connectivity index (χ0v) is 32.2. The Labute approximate surface area is 329 Å². The van der Waals surface area contributed by atoms with E-state index < -0.39 is 6.09 Å². The number of likely N-dealkylation sites (N-methyl/N-ethyl adjacent to an activating group) is 1. The quantitative estimate of drug-likeness (QED) is 0.0751. The van der Waals surface area contributed by atoms with Gasteiger partial charge in [0.15, 0.2) is 0 Å². The van der Waals surface area contributed by atoms with Crippen LogP contribution in [0.1, 0.15) is 51.5 Å². The number of carbonyl (C=O) groups excluding carboxylic acids is 2. The first-order valence-corrected chi connectivity index (χ1v) is 18.6. The predicted octanol–water partition coefficient (Wildman–Crippen LogP) is 9.34. The summed E-state index contributed by atoms with van der Waals surface area (Å²) in [4.78, 5) is 30.2. The van der Waals surface area contributed by atoms with E-state index in [1.165, 1.54) is 27.8 Å². The minimum atomic E-state index is -0.523. The molecule has 0 aliphatic carbocycles. The predicted molar refractivity (Wildman–Crippen MR) is 226 cm³/mol. The zero-order chi connectivity index (χ0) is 39.5. The van der Waals surface area contributed by atoms with Crippen molar-refractivity contribution in [2.24, 2.45) is 0 Å². The molecule has 286 valence electrons. The lowest BCUT2D eigenvalue weighted by atomic mass is 9.88. The molecule has 0 atom stereocenters. The fourth-order valence-corrected chi connectivity index (χ4v) is 5.79. The highest BCUT2D eigenvalue weighted by Crippen LogP contribution is 2.35. The molecule has 2 amide bonds. The number of alkyl carbamates (subject to hydrolysis) is 1. The number of ether oxygens (including phenoxy) is 2. The van der Waals surface area contributed by atoms with Crippen LogP contribution in [0.5, 0.6) is 5.75 Å². The van der Waals surface area contributed by atoms with E-state index in [4.69, 9.17) is 15.2 Å². The van der Waals surface area contributed by atoms with Gasteiger partial charge in [0.1, 0.15) is 19.0 Å². The Morgan fingerprint density at radius 1 is 0.696 bits per heavy atom. The van der Waals surface area contributed by atoms with Crippen LogP contribution >= 0.6 is 0 Å². The minimum Gasteiger partial charge on any atom is -0.492 e. The molecule has 9 nitrogen and oxygen atoms in total. The summed E-state index contributed by atoms with van der Waals surface area (Å²) in [5.74, 6) is 0.657. The standard InChI is InChI=1S/C26H29NO.C21H20N4O3/c1-4-25(21-11-7-5-8-12-21)26(22-13-9-6-10-14-22)23-15-17-24(18-16-23)28-20-19-27(2)3;22-18-5-1-2-6-19(18)25-20(26)17-9-7-15(8-10-17)13-24-21(27)28-14-16-4-3-11-23-12-16/h5-18H,4,19-20H2,1-3H3;1-12H,13-14,22H2,(H,24,27)(H,25,26)/b26-25-;. The van der Waals surface area contributed by atoms with E-state index in [0.717, 1.165) is 29.8 Å². The molecule has 0 aliphatic rings. The van der Waals surface area contributed by atoms with Crippen molar-refractivity contribution in [3.63, 3.8) is 0 Å². The summed E-state index contributed by atoms with van der Waals surface area (Å²) in [7, 11) is 4.11. The molecule has 0 fully saturated rings. The maximum atomic E-state index is 12.3. The van der Waals surface area contributed by atoms with Gasteiger partial charge in [-0.05, 0) is 96.4 Å². The number of hydrogen-bond acceptors (Lipinski definition) is 7. The molecule has 0 aliphatic heterocycles. The van der Waals surface area contributed by atoms with Crippen molar-refractivity contribution in [1.29, 1.82) is 0 Å². The van der Waals surface area contributed by atoms with E-state index in [9.17, 15) is 9.59 Å². The second kappa shape index (κ2) is 21.2.